The van der Waals surface area contributed by atoms with Crippen molar-refractivity contribution in [1.82, 2.24) is 4.31 Å². The van der Waals surface area contributed by atoms with Crippen molar-refractivity contribution in [2.24, 2.45) is 0 Å². The number of carboxylic acids is 1. The van der Waals surface area contributed by atoms with Gasteiger partial charge in [0.15, 0.2) is 0 Å². The van der Waals surface area contributed by atoms with Gasteiger partial charge in [0.2, 0.25) is 0 Å². The maximum absolute atomic E-state index is 12.7. The second kappa shape index (κ2) is 7.92. The van der Waals surface area contributed by atoms with Crippen molar-refractivity contribution in [2.75, 3.05) is 13.1 Å². The van der Waals surface area contributed by atoms with Crippen LogP contribution in [0.25, 0.3) is 11.6 Å². The first-order valence-corrected chi connectivity index (χ1v) is 10.8. The molecule has 0 spiro atoms. The molecule has 0 atom stereocenters. The number of piperidine rings is 1. The van der Waals surface area contributed by atoms with E-state index in [-0.39, 0.29) is 9.78 Å². The van der Waals surface area contributed by atoms with Gasteiger partial charge in [-0.15, -0.1) is 11.3 Å². The average molecular weight is 411 g/mol. The number of halogens is 1. The molecule has 0 aliphatic carbocycles. The number of benzene rings is 1. The number of sulfonamides is 1. The Hall–Kier alpha value is -1.67. The molecule has 1 aliphatic heterocycles. The van der Waals surface area contributed by atoms with E-state index >= 15 is 0 Å². The summed E-state index contributed by atoms with van der Waals surface area (Å²) in [5, 5.41) is 12.0. The Morgan fingerprint density at radius 1 is 1.12 bits per heavy atom. The quantitative estimate of drug-likeness (QED) is 0.710. The van der Waals surface area contributed by atoms with Crippen molar-refractivity contribution in [1.29, 1.82) is 0 Å². The van der Waals surface area contributed by atoms with Gasteiger partial charge in [0, 0.05) is 28.6 Å². The van der Waals surface area contributed by atoms with E-state index < -0.39 is 16.0 Å². The van der Waals surface area contributed by atoms with Crippen molar-refractivity contribution in [2.45, 2.75) is 23.5 Å². The monoisotopic (exact) mass is 410 g/mol. The van der Waals surface area contributed by atoms with E-state index in [1.165, 1.54) is 22.5 Å². The Bertz CT molecular complexity index is 944. The average Bonchev–Trinajstić information content (AvgIpc) is 3.12. The highest BCUT2D eigenvalue weighted by atomic mass is 35.5. The van der Waals surface area contributed by atoms with Crippen LogP contribution in [-0.4, -0.2) is 31.8 Å². The lowest BCUT2D eigenvalue weighted by Gasteiger charge is -2.25. The highest BCUT2D eigenvalue weighted by molar-refractivity contribution is 7.91. The van der Waals surface area contributed by atoms with Gasteiger partial charge >= 0.3 is 0 Å². The van der Waals surface area contributed by atoms with E-state index in [2.05, 4.69) is 0 Å². The SMILES string of the molecule is O=C([O-])/C(=C/c1ccccc1Cl)c1ccc(S(=O)(=O)N2CCCCC2)s1. The van der Waals surface area contributed by atoms with Crippen LogP contribution in [0.15, 0.2) is 40.6 Å². The zero-order valence-corrected chi connectivity index (χ0v) is 16.2. The number of nitrogens with zero attached hydrogens (tertiary/aromatic N) is 1. The van der Waals surface area contributed by atoms with Crippen LogP contribution in [-0.2, 0) is 14.8 Å². The Morgan fingerprint density at radius 2 is 1.81 bits per heavy atom. The topological polar surface area (TPSA) is 77.5 Å². The van der Waals surface area contributed by atoms with Gasteiger partial charge in [-0.1, -0.05) is 36.2 Å². The van der Waals surface area contributed by atoms with E-state index in [4.69, 9.17) is 11.6 Å². The van der Waals surface area contributed by atoms with Crippen LogP contribution < -0.4 is 5.11 Å². The molecule has 2 heterocycles. The summed E-state index contributed by atoms with van der Waals surface area (Å²) in [4.78, 5) is 11.9. The molecule has 0 unspecified atom stereocenters. The lowest BCUT2D eigenvalue weighted by molar-refractivity contribution is -0.295. The zero-order chi connectivity index (χ0) is 18.7. The first-order chi connectivity index (χ1) is 12.4. The number of hydrogen-bond acceptors (Lipinski definition) is 5. The molecule has 5 nitrogen and oxygen atoms in total. The molecule has 1 aromatic carbocycles. The molecule has 1 aliphatic rings. The van der Waals surface area contributed by atoms with Gasteiger partial charge in [0.1, 0.15) is 4.21 Å². The number of rotatable bonds is 5. The minimum absolute atomic E-state index is 0.0943. The molecule has 0 saturated carbocycles. The minimum atomic E-state index is -3.60. The second-order valence-electron chi connectivity index (χ2n) is 5.95. The summed E-state index contributed by atoms with van der Waals surface area (Å²) in [7, 11) is -3.60. The predicted octanol–water partition coefficient (Wildman–Crippen LogP) is 2.87. The van der Waals surface area contributed by atoms with Crippen molar-refractivity contribution >= 4 is 50.6 Å². The highest BCUT2D eigenvalue weighted by Crippen LogP contribution is 2.32. The maximum atomic E-state index is 12.7. The van der Waals surface area contributed by atoms with Gasteiger partial charge < -0.3 is 9.90 Å². The van der Waals surface area contributed by atoms with Crippen LogP contribution in [0.5, 0.6) is 0 Å². The molecule has 0 amide bonds. The molecule has 26 heavy (non-hydrogen) atoms. The predicted molar refractivity (Wildman–Crippen MR) is 101 cm³/mol. The number of carbonyl (C=O) groups excluding carboxylic acids is 1. The van der Waals surface area contributed by atoms with Gasteiger partial charge in [-0.05, 0) is 42.7 Å². The number of thiophene rings is 1. The van der Waals surface area contributed by atoms with Crippen LogP contribution in [0.3, 0.4) is 0 Å². The fraction of sp³-hybridized carbons (Fsp3) is 0.278. The van der Waals surface area contributed by atoms with Crippen LogP contribution in [0.4, 0.5) is 0 Å². The summed E-state index contributed by atoms with van der Waals surface area (Å²) in [6, 6.07) is 9.77. The van der Waals surface area contributed by atoms with Crippen molar-refractivity contribution in [3.8, 4) is 0 Å². The van der Waals surface area contributed by atoms with E-state index in [1.54, 1.807) is 24.3 Å². The molecule has 3 rings (SSSR count). The number of carboxylic acid groups (broad SMARTS) is 1. The van der Waals surface area contributed by atoms with Crippen LogP contribution in [0.2, 0.25) is 5.02 Å². The summed E-state index contributed by atoms with van der Waals surface area (Å²) in [5.41, 5.74) is 0.436. The highest BCUT2D eigenvalue weighted by Gasteiger charge is 2.27. The second-order valence-corrected chi connectivity index (χ2v) is 9.61. The fourth-order valence-corrected chi connectivity index (χ4v) is 5.99. The van der Waals surface area contributed by atoms with Crippen LogP contribution in [0.1, 0.15) is 29.7 Å². The third-order valence-corrected chi connectivity index (χ3v) is 8.01. The molecular weight excluding hydrogens is 394 g/mol. The first-order valence-electron chi connectivity index (χ1n) is 8.17. The molecular formula is C18H17ClNO4S2-. The lowest BCUT2D eigenvalue weighted by Crippen LogP contribution is -2.35. The van der Waals surface area contributed by atoms with Crippen LogP contribution in [0, 0.1) is 0 Å². The van der Waals surface area contributed by atoms with Crippen molar-refractivity contribution in [3.05, 3.63) is 51.9 Å². The van der Waals surface area contributed by atoms with Crippen molar-refractivity contribution in [3.63, 3.8) is 0 Å². The molecule has 1 saturated heterocycles. The molecule has 0 N–H and O–H groups in total. The van der Waals surface area contributed by atoms with Crippen molar-refractivity contribution < 1.29 is 18.3 Å². The number of hydrogen-bond donors (Lipinski definition) is 0. The first kappa shape index (κ1) is 19.1. The number of aliphatic carboxylic acids is 1. The molecule has 0 bridgehead atoms. The maximum Gasteiger partial charge on any atom is 0.252 e. The van der Waals surface area contributed by atoms with Gasteiger partial charge in [-0.2, -0.15) is 4.31 Å². The Morgan fingerprint density at radius 3 is 2.46 bits per heavy atom. The summed E-state index contributed by atoms with van der Waals surface area (Å²) in [6.07, 6.45) is 4.11. The van der Waals surface area contributed by atoms with Gasteiger partial charge in [-0.25, -0.2) is 8.42 Å². The molecule has 1 aromatic heterocycles. The molecule has 138 valence electrons. The van der Waals surface area contributed by atoms with Gasteiger partial charge in [0.05, 0.1) is 5.97 Å². The largest absolute Gasteiger partial charge is 0.545 e. The summed E-state index contributed by atoms with van der Waals surface area (Å²) in [6.45, 7) is 0.997. The van der Waals surface area contributed by atoms with E-state index in [1.807, 2.05) is 0 Å². The molecule has 1 fully saturated rings. The minimum Gasteiger partial charge on any atom is -0.545 e. The Kier molecular flexibility index (Phi) is 5.82. The van der Waals surface area contributed by atoms with Gasteiger partial charge in [-0.3, -0.25) is 0 Å². The third kappa shape index (κ3) is 4.01. The molecule has 8 heteroatoms. The summed E-state index contributed by atoms with van der Waals surface area (Å²) >= 11 is 7.02. The summed E-state index contributed by atoms with van der Waals surface area (Å²) < 4.78 is 27.1. The lowest BCUT2D eigenvalue weighted by atomic mass is 10.1. The van der Waals surface area contributed by atoms with E-state index in [9.17, 15) is 18.3 Å². The normalized spacial score (nSPS) is 16.6. The van der Waals surface area contributed by atoms with Crippen LogP contribution >= 0.6 is 22.9 Å². The molecule has 0 radical (unpaired) electrons. The van der Waals surface area contributed by atoms with E-state index in [0.29, 0.717) is 28.6 Å². The fourth-order valence-electron chi connectivity index (χ4n) is 2.81. The Labute approximate surface area is 161 Å². The van der Waals surface area contributed by atoms with E-state index in [0.717, 1.165) is 30.6 Å². The third-order valence-electron chi connectivity index (χ3n) is 4.18. The standard InChI is InChI=1S/C18H18ClNO4S2/c19-15-7-3-2-6-13(15)12-14(18(21)22)16-8-9-17(25-16)26(23,24)20-10-4-1-5-11-20/h2-3,6-9,12H,1,4-5,10-11H2,(H,21,22)/p-1/b14-12+. The molecule has 2 aromatic rings. The number of carbonyl (C=O) groups is 1. The smallest absolute Gasteiger partial charge is 0.252 e. The Balaban J connectivity index is 1.96. The zero-order valence-electron chi connectivity index (χ0n) is 13.9. The summed E-state index contributed by atoms with van der Waals surface area (Å²) in [5.74, 6) is -1.38. The van der Waals surface area contributed by atoms with Gasteiger partial charge in [0.25, 0.3) is 10.0 Å².